The molecule has 6 nitrogen and oxygen atoms in total. The molecule has 0 saturated carbocycles. The maximum Gasteiger partial charge on any atom is 0.338 e. The normalized spacial score (nSPS) is 16.4. The molecule has 0 bridgehead atoms. The predicted molar refractivity (Wildman–Crippen MR) is 118 cm³/mol. The van der Waals surface area contributed by atoms with Gasteiger partial charge in [-0.2, -0.15) is 0 Å². The summed E-state index contributed by atoms with van der Waals surface area (Å²) in [4.78, 5) is 31.9. The number of allylic oxidation sites excluding steroid dienone is 1. The van der Waals surface area contributed by atoms with Crippen LogP contribution in [-0.4, -0.2) is 22.2 Å². The second-order valence-corrected chi connectivity index (χ2v) is 8.95. The molecule has 0 aliphatic carbocycles. The van der Waals surface area contributed by atoms with Crippen LogP contribution in [0.1, 0.15) is 30.3 Å². The lowest BCUT2D eigenvalue weighted by atomic mass is 10.0. The van der Waals surface area contributed by atoms with E-state index in [4.69, 9.17) is 16.3 Å². The summed E-state index contributed by atoms with van der Waals surface area (Å²) in [6, 6.07) is 7.77. The van der Waals surface area contributed by atoms with Gasteiger partial charge in [-0.05, 0) is 49.6 Å². The van der Waals surface area contributed by atoms with Crippen LogP contribution in [0.3, 0.4) is 0 Å². The van der Waals surface area contributed by atoms with E-state index in [1.807, 2.05) is 17.5 Å². The number of carbonyl (C=O) groups is 1. The largest absolute Gasteiger partial charge is 0.507 e. The zero-order valence-electron chi connectivity index (χ0n) is 16.1. The Morgan fingerprint density at radius 1 is 1.40 bits per heavy atom. The molecule has 4 rings (SSSR count). The van der Waals surface area contributed by atoms with Crippen LogP contribution in [0.15, 0.2) is 56.8 Å². The highest BCUT2D eigenvalue weighted by Gasteiger charge is 2.33. The molecule has 1 N–H and O–H groups in total. The van der Waals surface area contributed by atoms with E-state index in [1.54, 1.807) is 32.1 Å². The number of phenolic OH excluding ortho intramolecular Hbond substituents is 1. The third-order valence-electron chi connectivity index (χ3n) is 4.61. The Hall–Kier alpha value is -2.68. The summed E-state index contributed by atoms with van der Waals surface area (Å²) in [6.45, 7) is 3.71. The zero-order chi connectivity index (χ0) is 21.4. The molecular weight excluding hydrogens is 444 g/mol. The summed E-state index contributed by atoms with van der Waals surface area (Å²) in [5.74, 6) is -0.470. The number of hydrogen-bond donors (Lipinski definition) is 1. The highest BCUT2D eigenvalue weighted by Crippen LogP contribution is 2.33. The van der Waals surface area contributed by atoms with Crippen molar-refractivity contribution in [1.29, 1.82) is 0 Å². The molecular formula is C21H17ClN2O4S2. The number of ether oxygens (including phenoxy) is 1. The number of fused-ring (bicyclic) bond motifs is 1. The summed E-state index contributed by atoms with van der Waals surface area (Å²) in [7, 11) is 0. The molecule has 0 saturated heterocycles. The number of thiazole rings is 1. The Labute approximate surface area is 184 Å². The molecule has 1 atom stereocenters. The van der Waals surface area contributed by atoms with Crippen molar-refractivity contribution >= 4 is 46.3 Å². The molecule has 1 unspecified atom stereocenters. The van der Waals surface area contributed by atoms with Gasteiger partial charge in [-0.3, -0.25) is 9.36 Å². The fraction of sp³-hybridized carbons (Fsp3) is 0.190. The summed E-state index contributed by atoms with van der Waals surface area (Å²) in [5.41, 5.74) is 1.00. The first-order valence-corrected chi connectivity index (χ1v) is 11.2. The third kappa shape index (κ3) is 3.62. The van der Waals surface area contributed by atoms with Crippen molar-refractivity contribution < 1.29 is 14.6 Å². The lowest BCUT2D eigenvalue weighted by molar-refractivity contribution is -0.139. The average molecular weight is 461 g/mol. The second-order valence-electron chi connectivity index (χ2n) is 6.52. The Kier molecular flexibility index (Phi) is 5.64. The maximum atomic E-state index is 13.3. The van der Waals surface area contributed by atoms with Crippen LogP contribution in [0.5, 0.6) is 5.75 Å². The predicted octanol–water partition coefficient (Wildman–Crippen LogP) is 3.22. The van der Waals surface area contributed by atoms with Gasteiger partial charge in [0.2, 0.25) is 0 Å². The Morgan fingerprint density at radius 3 is 2.90 bits per heavy atom. The van der Waals surface area contributed by atoms with E-state index in [9.17, 15) is 14.7 Å². The van der Waals surface area contributed by atoms with E-state index in [2.05, 4.69) is 4.99 Å². The molecule has 1 aliphatic rings. The number of rotatable bonds is 4. The van der Waals surface area contributed by atoms with E-state index in [0.717, 1.165) is 4.88 Å². The van der Waals surface area contributed by atoms with Gasteiger partial charge in [-0.15, -0.1) is 11.3 Å². The zero-order valence-corrected chi connectivity index (χ0v) is 18.5. The number of aromatic hydroxyl groups is 1. The maximum absolute atomic E-state index is 13.3. The fourth-order valence-electron chi connectivity index (χ4n) is 3.29. The summed E-state index contributed by atoms with van der Waals surface area (Å²) < 4.78 is 7.14. The Balaban J connectivity index is 1.96. The van der Waals surface area contributed by atoms with Crippen LogP contribution in [0.25, 0.3) is 6.08 Å². The molecule has 30 heavy (non-hydrogen) atoms. The van der Waals surface area contributed by atoms with Crippen molar-refractivity contribution in [2.24, 2.45) is 4.99 Å². The number of thiophene rings is 1. The van der Waals surface area contributed by atoms with Crippen molar-refractivity contribution in [3.05, 3.63) is 82.1 Å². The smallest absolute Gasteiger partial charge is 0.338 e. The molecule has 0 amide bonds. The number of aromatic nitrogens is 1. The monoisotopic (exact) mass is 460 g/mol. The van der Waals surface area contributed by atoms with Gasteiger partial charge >= 0.3 is 5.97 Å². The number of halogens is 1. The first-order chi connectivity index (χ1) is 14.4. The molecule has 0 fully saturated rings. The highest BCUT2D eigenvalue weighted by atomic mass is 35.5. The van der Waals surface area contributed by atoms with Gasteiger partial charge < -0.3 is 9.84 Å². The molecule has 154 valence electrons. The number of nitrogens with zero attached hydrogens (tertiary/aromatic N) is 2. The molecule has 2 aromatic heterocycles. The topological polar surface area (TPSA) is 80.9 Å². The van der Waals surface area contributed by atoms with Crippen molar-refractivity contribution in [3.63, 3.8) is 0 Å². The average Bonchev–Trinajstić information content (AvgIpc) is 3.33. The van der Waals surface area contributed by atoms with Crippen LogP contribution < -0.4 is 14.9 Å². The lowest BCUT2D eigenvalue weighted by Crippen LogP contribution is -2.39. The van der Waals surface area contributed by atoms with E-state index in [0.29, 0.717) is 31.2 Å². The van der Waals surface area contributed by atoms with Crippen LogP contribution in [-0.2, 0) is 9.53 Å². The van der Waals surface area contributed by atoms with Crippen molar-refractivity contribution in [2.45, 2.75) is 19.9 Å². The van der Waals surface area contributed by atoms with Crippen molar-refractivity contribution in [3.8, 4) is 5.75 Å². The standard InChI is InChI=1S/C21H17ClN2O4S2/c1-3-28-20(27)17-11(2)23-21-24(18(17)15-5-4-8-29-15)19(26)16(30-21)10-12-9-13(22)6-7-14(12)25/h4-10,18,25H,3H2,1-2H3/b16-10-. The van der Waals surface area contributed by atoms with E-state index < -0.39 is 12.0 Å². The molecule has 0 spiro atoms. The van der Waals surface area contributed by atoms with E-state index >= 15 is 0 Å². The third-order valence-corrected chi connectivity index (χ3v) is 6.75. The first-order valence-electron chi connectivity index (χ1n) is 9.12. The number of carbonyl (C=O) groups excluding carboxylic acids is 1. The van der Waals surface area contributed by atoms with Gasteiger partial charge in [0.1, 0.15) is 11.8 Å². The summed E-state index contributed by atoms with van der Waals surface area (Å²) in [5, 5.41) is 12.5. The van der Waals surface area contributed by atoms with Gasteiger partial charge in [0.25, 0.3) is 5.56 Å². The molecule has 1 aliphatic heterocycles. The van der Waals surface area contributed by atoms with Crippen LogP contribution in [0, 0.1) is 0 Å². The van der Waals surface area contributed by atoms with E-state index in [1.165, 1.54) is 33.3 Å². The molecule has 3 heterocycles. The lowest BCUT2D eigenvalue weighted by Gasteiger charge is -2.23. The Bertz CT molecular complexity index is 1340. The van der Waals surface area contributed by atoms with Crippen molar-refractivity contribution in [2.75, 3.05) is 6.61 Å². The van der Waals surface area contributed by atoms with Crippen molar-refractivity contribution in [1.82, 2.24) is 4.57 Å². The number of phenols is 1. The molecule has 9 heteroatoms. The van der Waals surface area contributed by atoms with E-state index in [-0.39, 0.29) is 17.9 Å². The molecule has 3 aromatic rings. The van der Waals surface area contributed by atoms with Gasteiger partial charge in [-0.1, -0.05) is 29.0 Å². The van der Waals surface area contributed by atoms with Gasteiger partial charge in [0, 0.05) is 15.5 Å². The first kappa shape index (κ1) is 20.6. The quantitative estimate of drug-likeness (QED) is 0.606. The van der Waals surface area contributed by atoms with Crippen LogP contribution in [0.4, 0.5) is 0 Å². The summed E-state index contributed by atoms with van der Waals surface area (Å²) in [6.07, 6.45) is 1.58. The SMILES string of the molecule is CCOC(=O)C1=C(C)N=c2s/c(=C\c3cc(Cl)ccc3O)c(=O)n2C1c1cccs1. The van der Waals surface area contributed by atoms with Crippen LogP contribution in [0.2, 0.25) is 5.02 Å². The number of hydrogen-bond acceptors (Lipinski definition) is 7. The Morgan fingerprint density at radius 2 is 2.20 bits per heavy atom. The number of esters is 1. The van der Waals surface area contributed by atoms with Crippen LogP contribution >= 0.6 is 34.3 Å². The minimum Gasteiger partial charge on any atom is -0.507 e. The fourth-order valence-corrected chi connectivity index (χ4v) is 5.33. The summed E-state index contributed by atoms with van der Waals surface area (Å²) >= 11 is 8.68. The molecule has 0 radical (unpaired) electrons. The van der Waals surface area contributed by atoms with Gasteiger partial charge in [-0.25, -0.2) is 9.79 Å². The molecule has 1 aromatic carbocycles. The minimum absolute atomic E-state index is 0.0171. The number of benzene rings is 1. The van der Waals surface area contributed by atoms with Gasteiger partial charge in [0.05, 0.1) is 22.4 Å². The highest BCUT2D eigenvalue weighted by molar-refractivity contribution is 7.10. The minimum atomic E-state index is -0.615. The van der Waals surface area contributed by atoms with Gasteiger partial charge in [0.15, 0.2) is 4.80 Å². The second kappa shape index (κ2) is 8.22.